The summed E-state index contributed by atoms with van der Waals surface area (Å²) in [4.78, 5) is 23.3. The summed E-state index contributed by atoms with van der Waals surface area (Å²) < 4.78 is 23.7. The molecule has 1 amide bonds. The van der Waals surface area contributed by atoms with Crippen molar-refractivity contribution in [3.05, 3.63) is 60.8 Å². The number of carbonyl (C=O) groups is 1. The van der Waals surface area contributed by atoms with Crippen LogP contribution >= 0.6 is 7.82 Å². The third-order valence-corrected chi connectivity index (χ3v) is 14.5. The summed E-state index contributed by atoms with van der Waals surface area (Å²) >= 11 is 0. The molecule has 0 aliphatic carbocycles. The van der Waals surface area contributed by atoms with Gasteiger partial charge >= 0.3 is 7.82 Å². The summed E-state index contributed by atoms with van der Waals surface area (Å²) in [6.07, 6.45) is 71.8. The Hall–Kier alpha value is -1.80. The van der Waals surface area contributed by atoms with Gasteiger partial charge in [0.15, 0.2) is 0 Å². The summed E-state index contributed by atoms with van der Waals surface area (Å²) in [7, 11) is 1.58. The highest BCUT2D eigenvalue weighted by Gasteiger charge is 2.27. The number of hydrogen-bond acceptors (Lipinski definition) is 5. The molecule has 71 heavy (non-hydrogen) atoms. The number of rotatable bonds is 55. The van der Waals surface area contributed by atoms with Crippen molar-refractivity contribution in [2.24, 2.45) is 0 Å². The third kappa shape index (κ3) is 55.8. The first-order valence-electron chi connectivity index (χ1n) is 30.2. The molecule has 0 saturated carbocycles. The minimum Gasteiger partial charge on any atom is -0.387 e. The molecule has 9 heteroatoms. The molecule has 0 aromatic carbocycles. The molecule has 0 fully saturated rings. The first kappa shape index (κ1) is 69.2. The van der Waals surface area contributed by atoms with Crippen LogP contribution in [0, 0.1) is 0 Å². The summed E-state index contributed by atoms with van der Waals surface area (Å²) in [6, 6.07) is -0.849. The number of aliphatic hydroxyl groups is 1. The molecule has 8 nitrogen and oxygen atoms in total. The van der Waals surface area contributed by atoms with Gasteiger partial charge in [-0.1, -0.05) is 274 Å². The van der Waals surface area contributed by atoms with E-state index in [0.717, 1.165) is 64.2 Å². The van der Waals surface area contributed by atoms with E-state index in [1.165, 1.54) is 193 Å². The lowest BCUT2D eigenvalue weighted by atomic mass is 10.0. The quantitative estimate of drug-likeness (QED) is 0.0243. The van der Waals surface area contributed by atoms with Crippen molar-refractivity contribution in [2.75, 3.05) is 40.9 Å². The number of phosphoric acid groups is 1. The lowest BCUT2D eigenvalue weighted by Gasteiger charge is -2.25. The van der Waals surface area contributed by atoms with Gasteiger partial charge in [0.1, 0.15) is 13.2 Å². The highest BCUT2D eigenvalue weighted by atomic mass is 31.2. The maximum Gasteiger partial charge on any atom is 0.472 e. The van der Waals surface area contributed by atoms with Crippen LogP contribution in [-0.4, -0.2) is 73.4 Å². The van der Waals surface area contributed by atoms with Crippen LogP contribution < -0.4 is 5.32 Å². The number of unbranched alkanes of at least 4 members (excludes halogenated alkanes) is 34. The van der Waals surface area contributed by atoms with Gasteiger partial charge in [-0.05, 0) is 57.8 Å². The summed E-state index contributed by atoms with van der Waals surface area (Å²) in [5.74, 6) is -0.176. The number of nitrogens with zero attached hydrogens (tertiary/aromatic N) is 1. The number of nitrogens with one attached hydrogen (secondary N) is 1. The molecule has 0 spiro atoms. The van der Waals surface area contributed by atoms with E-state index < -0.39 is 20.0 Å². The Balaban J connectivity index is 4.17. The van der Waals surface area contributed by atoms with Crippen molar-refractivity contribution in [3.8, 4) is 0 Å². The zero-order valence-corrected chi connectivity index (χ0v) is 48.4. The van der Waals surface area contributed by atoms with E-state index in [2.05, 4.69) is 67.8 Å². The smallest absolute Gasteiger partial charge is 0.387 e. The summed E-state index contributed by atoms with van der Waals surface area (Å²) in [6.45, 7) is 4.73. The van der Waals surface area contributed by atoms with Crippen molar-refractivity contribution in [1.29, 1.82) is 0 Å². The molecular weight excluding hydrogens is 900 g/mol. The minimum atomic E-state index is -4.35. The fourth-order valence-electron chi connectivity index (χ4n) is 8.80. The molecule has 3 unspecified atom stereocenters. The molecule has 0 rings (SSSR count). The van der Waals surface area contributed by atoms with Crippen molar-refractivity contribution in [2.45, 2.75) is 289 Å². The van der Waals surface area contributed by atoms with Gasteiger partial charge in [0.05, 0.1) is 39.9 Å². The molecule has 0 saturated heterocycles. The first-order valence-corrected chi connectivity index (χ1v) is 31.7. The molecule has 0 aliphatic rings. The Bertz CT molecular complexity index is 1340. The molecule has 3 N–H and O–H groups in total. The standard InChI is InChI=1S/C62H117N2O6P/c1-6-8-10-12-14-16-18-20-22-24-26-28-30-31-32-33-34-36-38-40-42-44-46-48-50-52-54-56-62(66)63-60(59-70-71(67,68)69-58-57-64(3,4)5)61(65)55-53-51-49-47-45-43-41-39-37-35-29-27-25-23-21-19-17-15-13-11-9-7-2/h8,10,14,16,20,22,26,28,53,55,60-61,65H,6-7,9,11-13,15,17-19,21,23-25,27,29-52,54,56-59H2,1-5H3,(H-,63,66,67,68)/p+1/b10-8-,16-14-,22-20-,28-26-,55-53+. The number of hydrogen-bond donors (Lipinski definition) is 3. The number of carbonyl (C=O) groups excluding carboxylic acids is 1. The zero-order valence-electron chi connectivity index (χ0n) is 47.5. The van der Waals surface area contributed by atoms with E-state index >= 15 is 0 Å². The van der Waals surface area contributed by atoms with E-state index in [1.807, 2.05) is 27.2 Å². The molecule has 0 bridgehead atoms. The van der Waals surface area contributed by atoms with Gasteiger partial charge in [-0.15, -0.1) is 0 Å². The second-order valence-electron chi connectivity index (χ2n) is 21.7. The van der Waals surface area contributed by atoms with E-state index in [1.54, 1.807) is 6.08 Å². The minimum absolute atomic E-state index is 0.0607. The Morgan fingerprint density at radius 1 is 0.493 bits per heavy atom. The molecule has 0 aromatic rings. The van der Waals surface area contributed by atoms with Crippen LogP contribution in [0.1, 0.15) is 277 Å². The largest absolute Gasteiger partial charge is 0.472 e. The first-order chi connectivity index (χ1) is 34.5. The maximum atomic E-state index is 13.0. The van der Waals surface area contributed by atoms with Gasteiger partial charge in [-0.25, -0.2) is 4.57 Å². The molecule has 0 aromatic heterocycles. The average molecular weight is 1020 g/mol. The van der Waals surface area contributed by atoms with E-state index in [0.29, 0.717) is 17.4 Å². The van der Waals surface area contributed by atoms with Crippen LogP contribution in [0.15, 0.2) is 60.8 Å². The second kappa shape index (κ2) is 53.0. The highest BCUT2D eigenvalue weighted by Crippen LogP contribution is 2.43. The monoisotopic (exact) mass is 1020 g/mol. The van der Waals surface area contributed by atoms with Gasteiger partial charge in [-0.3, -0.25) is 13.8 Å². The van der Waals surface area contributed by atoms with Gasteiger partial charge in [-0.2, -0.15) is 0 Å². The van der Waals surface area contributed by atoms with Crippen LogP contribution in [0.5, 0.6) is 0 Å². The molecular formula is C62H118N2O6P+. The van der Waals surface area contributed by atoms with Crippen molar-refractivity contribution < 1.29 is 32.9 Å². The second-order valence-corrected chi connectivity index (χ2v) is 23.2. The summed E-state index contributed by atoms with van der Waals surface area (Å²) in [5, 5.41) is 14.0. The molecule has 0 radical (unpaired) electrons. The van der Waals surface area contributed by atoms with Gasteiger partial charge < -0.3 is 19.8 Å². The van der Waals surface area contributed by atoms with Crippen LogP contribution in [0.25, 0.3) is 0 Å². The van der Waals surface area contributed by atoms with Gasteiger partial charge in [0.25, 0.3) is 0 Å². The predicted molar refractivity (Wildman–Crippen MR) is 309 cm³/mol. The fraction of sp³-hybridized carbons (Fsp3) is 0.823. The van der Waals surface area contributed by atoms with Crippen molar-refractivity contribution >= 4 is 13.7 Å². The van der Waals surface area contributed by atoms with E-state index in [9.17, 15) is 19.4 Å². The van der Waals surface area contributed by atoms with Crippen molar-refractivity contribution in [3.63, 3.8) is 0 Å². The van der Waals surface area contributed by atoms with E-state index in [-0.39, 0.29) is 19.1 Å². The SMILES string of the molecule is CC/C=C\C/C=C\C/C=C\C/C=C\CCCCCCCCCCCCCCCCC(=O)NC(COP(=O)(O)OCC[N+](C)(C)C)C(O)/C=C/CCCCCCCCCCCCCCCCCCCCCC. The van der Waals surface area contributed by atoms with Crippen molar-refractivity contribution in [1.82, 2.24) is 5.32 Å². The summed E-state index contributed by atoms with van der Waals surface area (Å²) in [5.41, 5.74) is 0. The number of amides is 1. The van der Waals surface area contributed by atoms with Crippen LogP contribution in [0.4, 0.5) is 0 Å². The highest BCUT2D eigenvalue weighted by molar-refractivity contribution is 7.47. The van der Waals surface area contributed by atoms with Gasteiger partial charge in [0, 0.05) is 6.42 Å². The Morgan fingerprint density at radius 2 is 0.845 bits per heavy atom. The van der Waals surface area contributed by atoms with Gasteiger partial charge in [0.2, 0.25) is 5.91 Å². The Morgan fingerprint density at radius 3 is 1.24 bits per heavy atom. The number of allylic oxidation sites excluding steroid dienone is 9. The molecule has 3 atom stereocenters. The Labute approximate surface area is 441 Å². The lowest BCUT2D eigenvalue weighted by Crippen LogP contribution is -2.45. The van der Waals surface area contributed by atoms with Crippen LogP contribution in [0.3, 0.4) is 0 Å². The predicted octanol–water partition coefficient (Wildman–Crippen LogP) is 18.5. The van der Waals surface area contributed by atoms with Crippen LogP contribution in [-0.2, 0) is 18.4 Å². The average Bonchev–Trinajstić information content (AvgIpc) is 3.33. The maximum absolute atomic E-state index is 13.0. The number of aliphatic hydroxyl groups excluding tert-OH is 1. The lowest BCUT2D eigenvalue weighted by molar-refractivity contribution is -0.870. The fourth-order valence-corrected chi connectivity index (χ4v) is 9.54. The third-order valence-electron chi connectivity index (χ3n) is 13.5. The number of quaternary nitrogens is 1. The number of phosphoric ester groups is 1. The van der Waals surface area contributed by atoms with Crippen LogP contribution in [0.2, 0.25) is 0 Å². The zero-order chi connectivity index (χ0) is 52.0. The Kier molecular flexibility index (Phi) is 51.7. The molecule has 416 valence electrons. The van der Waals surface area contributed by atoms with E-state index in [4.69, 9.17) is 9.05 Å². The number of likely N-dealkylation sites (N-methyl/N-ethyl adjacent to an activating group) is 1. The normalized spacial score (nSPS) is 14.3. The molecule has 0 heterocycles. The molecule has 0 aliphatic heterocycles. The topological polar surface area (TPSA) is 105 Å².